The van der Waals surface area contributed by atoms with E-state index in [1.165, 1.54) is 19.2 Å². The topological polar surface area (TPSA) is 63.2 Å². The van der Waals surface area contributed by atoms with Crippen molar-refractivity contribution in [1.82, 2.24) is 15.6 Å². The Bertz CT molecular complexity index is 865. The van der Waals surface area contributed by atoms with Crippen molar-refractivity contribution < 1.29 is 32.9 Å². The first kappa shape index (κ1) is 20.2. The first-order valence-corrected chi connectivity index (χ1v) is 8.62. The molecular weight excluding hydrogens is 385 g/mol. The summed E-state index contributed by atoms with van der Waals surface area (Å²) in [7, 11) is 0. The Morgan fingerprint density at radius 1 is 1.21 bits per heavy atom. The molecule has 0 aliphatic heterocycles. The van der Waals surface area contributed by atoms with Gasteiger partial charge in [0.05, 0.1) is 17.1 Å². The van der Waals surface area contributed by atoms with E-state index in [0.29, 0.717) is 12.8 Å². The number of aromatic nitrogens is 1. The molecule has 0 bridgehead atoms. The lowest BCUT2D eigenvalue weighted by atomic mass is 9.86. The van der Waals surface area contributed by atoms with Crippen LogP contribution in [0.5, 0.6) is 5.75 Å². The second kappa shape index (κ2) is 8.26. The van der Waals surface area contributed by atoms with E-state index in [1.54, 1.807) is 0 Å². The molecule has 1 heterocycles. The third kappa shape index (κ3) is 4.67. The van der Waals surface area contributed by atoms with Crippen molar-refractivity contribution in [2.75, 3.05) is 0 Å². The van der Waals surface area contributed by atoms with Crippen molar-refractivity contribution in [2.45, 2.75) is 50.9 Å². The number of benzene rings is 1. The van der Waals surface area contributed by atoms with E-state index in [4.69, 9.17) is 0 Å². The summed E-state index contributed by atoms with van der Waals surface area (Å²) in [6.07, 6.45) is -0.168. The molecule has 0 saturated heterocycles. The van der Waals surface area contributed by atoms with E-state index in [2.05, 4.69) is 20.4 Å². The highest BCUT2D eigenvalue weighted by molar-refractivity contribution is 5.97. The van der Waals surface area contributed by atoms with Gasteiger partial charge in [-0.25, -0.2) is 13.2 Å². The zero-order valence-electron chi connectivity index (χ0n) is 14.8. The number of rotatable bonds is 7. The van der Waals surface area contributed by atoms with Crippen molar-refractivity contribution in [3.05, 3.63) is 35.8 Å². The van der Waals surface area contributed by atoms with Crippen molar-refractivity contribution in [2.24, 2.45) is 0 Å². The summed E-state index contributed by atoms with van der Waals surface area (Å²) in [5.74, 6) is -2.06. The highest BCUT2D eigenvalue weighted by Gasteiger charge is 2.32. The molecule has 1 saturated carbocycles. The Morgan fingerprint density at radius 2 is 1.93 bits per heavy atom. The highest BCUT2D eigenvalue weighted by atomic mass is 19.3. The lowest BCUT2D eigenvalue weighted by Crippen LogP contribution is -2.55. The number of nitrogens with one attached hydrogen (secondary N) is 2. The molecule has 1 aromatic carbocycles. The van der Waals surface area contributed by atoms with Gasteiger partial charge in [0.2, 0.25) is 0 Å². The number of pyridine rings is 1. The number of carbonyl (C=O) groups is 1. The molecule has 3 rings (SSSR count). The van der Waals surface area contributed by atoms with E-state index in [1.807, 2.05) is 0 Å². The molecule has 0 radical (unpaired) electrons. The minimum absolute atomic E-state index is 0. The average molecular weight is 405 g/mol. The highest BCUT2D eigenvalue weighted by Crippen LogP contribution is 2.26. The van der Waals surface area contributed by atoms with E-state index < -0.39 is 36.6 Å². The largest absolute Gasteiger partial charge is 0.432 e. The molecule has 2 aromatic rings. The third-order valence-electron chi connectivity index (χ3n) is 4.56. The third-order valence-corrected chi connectivity index (χ3v) is 4.56. The maximum Gasteiger partial charge on any atom is 0.387 e. The number of fused-ring (bicyclic) bond motifs is 1. The van der Waals surface area contributed by atoms with Crippen LogP contribution in [0.1, 0.15) is 31.6 Å². The minimum atomic E-state index is -3.17. The predicted molar refractivity (Wildman–Crippen MR) is 93.3 cm³/mol. The number of carbonyl (C=O) groups excluding carboxylic acids is 1. The van der Waals surface area contributed by atoms with Gasteiger partial charge in [-0.3, -0.25) is 9.78 Å². The van der Waals surface area contributed by atoms with Crippen molar-refractivity contribution in [3.8, 4) is 5.75 Å². The summed E-state index contributed by atoms with van der Waals surface area (Å²) >= 11 is 0. The van der Waals surface area contributed by atoms with Gasteiger partial charge in [0.15, 0.2) is 11.6 Å². The van der Waals surface area contributed by atoms with Crippen LogP contribution < -0.4 is 15.4 Å². The summed E-state index contributed by atoms with van der Waals surface area (Å²) in [5.41, 5.74) is 0.370. The lowest BCUT2D eigenvalue weighted by Gasteiger charge is -2.38. The molecule has 1 aromatic heterocycles. The summed E-state index contributed by atoms with van der Waals surface area (Å²) in [4.78, 5) is 16.3. The Hall–Kier alpha value is -2.49. The molecule has 1 atom stereocenters. The average Bonchev–Trinajstić information content (AvgIpc) is 2.59. The summed E-state index contributed by atoms with van der Waals surface area (Å²) in [6, 6.07) is 2.22. The van der Waals surface area contributed by atoms with Gasteiger partial charge in [-0.1, -0.05) is 0 Å². The van der Waals surface area contributed by atoms with Gasteiger partial charge in [0, 0.05) is 31.2 Å². The second-order valence-corrected chi connectivity index (χ2v) is 6.71. The van der Waals surface area contributed by atoms with E-state index in [0.717, 1.165) is 12.1 Å². The van der Waals surface area contributed by atoms with E-state index in [9.17, 15) is 26.7 Å². The Labute approximate surface area is 158 Å². The Balaban J connectivity index is 0.00000300. The van der Waals surface area contributed by atoms with Crippen LogP contribution >= 0.6 is 0 Å². The molecule has 1 aliphatic carbocycles. The smallest absolute Gasteiger partial charge is 0.387 e. The number of ether oxygens (including phenoxy) is 1. The van der Waals surface area contributed by atoms with Gasteiger partial charge in [-0.2, -0.15) is 8.78 Å². The van der Waals surface area contributed by atoms with Crippen LogP contribution in [0, 0.1) is 5.82 Å². The quantitative estimate of drug-likeness (QED) is 0.690. The van der Waals surface area contributed by atoms with Crippen LogP contribution in [0.3, 0.4) is 0 Å². The van der Waals surface area contributed by atoms with E-state index >= 15 is 0 Å². The maximum atomic E-state index is 13.8. The number of hydrogen-bond donors (Lipinski definition) is 2. The molecule has 1 amide bonds. The van der Waals surface area contributed by atoms with Gasteiger partial charge < -0.3 is 15.4 Å². The van der Waals surface area contributed by atoms with Crippen LogP contribution in [-0.2, 0) is 0 Å². The molecule has 154 valence electrons. The molecule has 5 nitrogen and oxygen atoms in total. The van der Waals surface area contributed by atoms with Crippen LogP contribution in [0.4, 0.5) is 22.0 Å². The minimum Gasteiger partial charge on any atom is -0.432 e. The summed E-state index contributed by atoms with van der Waals surface area (Å²) < 4.78 is 67.5. The van der Waals surface area contributed by atoms with Crippen molar-refractivity contribution in [1.29, 1.82) is 0 Å². The molecular formula is C18H20F5N3O2. The molecule has 10 heteroatoms. The number of halogens is 5. The van der Waals surface area contributed by atoms with Gasteiger partial charge in [0.25, 0.3) is 12.3 Å². The predicted octanol–water partition coefficient (Wildman–Crippen LogP) is 3.73. The van der Waals surface area contributed by atoms with Crippen molar-refractivity contribution >= 4 is 16.8 Å². The molecule has 1 unspecified atom stereocenters. The molecule has 1 aliphatic rings. The normalized spacial score (nSPS) is 20.3. The van der Waals surface area contributed by atoms with Gasteiger partial charge in [-0.05, 0) is 31.9 Å². The fraction of sp³-hybridized carbons (Fsp3) is 0.444. The Kier molecular flexibility index (Phi) is 5.97. The fourth-order valence-corrected chi connectivity index (χ4v) is 3.02. The fourth-order valence-electron chi connectivity index (χ4n) is 3.02. The zero-order valence-corrected chi connectivity index (χ0v) is 14.8. The zero-order chi connectivity index (χ0) is 20.4. The standard InChI is InChI=1S/C18H18F5N3O2.H2/c1-8(16(20)21)25-11-4-12(5-11)26-17(27)10-2-9-3-13(19)15(28-18(22)23)6-14(9)24-7-10;/h2-3,6-8,11-12,16,18,25H,4-5H2,1H3,(H,26,27);1H. The molecule has 2 N–H and O–H groups in total. The molecule has 28 heavy (non-hydrogen) atoms. The van der Waals surface area contributed by atoms with Crippen molar-refractivity contribution in [3.63, 3.8) is 0 Å². The van der Waals surface area contributed by atoms with Crippen LogP contribution in [-0.4, -0.2) is 42.1 Å². The van der Waals surface area contributed by atoms with Gasteiger partial charge >= 0.3 is 6.61 Å². The Morgan fingerprint density at radius 3 is 2.57 bits per heavy atom. The first-order chi connectivity index (χ1) is 13.2. The number of nitrogens with zero attached hydrogens (tertiary/aromatic N) is 1. The van der Waals surface area contributed by atoms with E-state index in [-0.39, 0.29) is 30.0 Å². The SMILES string of the molecule is CC(NC1CC(NC(=O)c2cnc3cc(OC(F)F)c(F)cc3c2)C1)C(F)F.[HH]. The second-order valence-electron chi connectivity index (χ2n) is 6.71. The number of amides is 1. The van der Waals surface area contributed by atoms with Gasteiger partial charge in [-0.15, -0.1) is 0 Å². The van der Waals surface area contributed by atoms with Gasteiger partial charge in [0.1, 0.15) is 0 Å². The monoisotopic (exact) mass is 405 g/mol. The molecule has 1 fully saturated rings. The summed E-state index contributed by atoms with van der Waals surface area (Å²) in [6.45, 7) is -1.77. The van der Waals surface area contributed by atoms with Crippen LogP contribution in [0.15, 0.2) is 24.4 Å². The van der Waals surface area contributed by atoms with Crippen LogP contribution in [0.25, 0.3) is 10.9 Å². The summed E-state index contributed by atoms with van der Waals surface area (Å²) in [5, 5.41) is 5.80. The van der Waals surface area contributed by atoms with Crippen LogP contribution in [0.2, 0.25) is 0 Å². The first-order valence-electron chi connectivity index (χ1n) is 8.62. The number of alkyl halides is 4. The maximum absolute atomic E-state index is 13.8. The number of hydrogen-bond acceptors (Lipinski definition) is 4. The lowest BCUT2D eigenvalue weighted by molar-refractivity contribution is -0.0520. The molecule has 0 spiro atoms.